The minimum absolute atomic E-state index is 0.118. The summed E-state index contributed by atoms with van der Waals surface area (Å²) in [7, 11) is 1.74. The Bertz CT molecular complexity index is 307. The van der Waals surface area contributed by atoms with E-state index in [0.29, 0.717) is 6.61 Å². The predicted molar refractivity (Wildman–Crippen MR) is 75.6 cm³/mol. The molecule has 1 aliphatic heterocycles. The molecule has 0 spiro atoms. The Balaban J connectivity index is 1.94. The first-order chi connectivity index (χ1) is 9.70. The molecule has 0 aromatic rings. The molecule has 1 aliphatic carbocycles. The zero-order chi connectivity index (χ0) is 14.4. The van der Waals surface area contributed by atoms with Crippen molar-refractivity contribution in [2.24, 2.45) is 0 Å². The molecule has 0 aromatic carbocycles. The molecule has 1 saturated carbocycles. The first kappa shape index (κ1) is 15.7. The van der Waals surface area contributed by atoms with Crippen LogP contribution in [0.25, 0.3) is 0 Å². The summed E-state index contributed by atoms with van der Waals surface area (Å²) >= 11 is 0. The topological polar surface area (TPSA) is 56.8 Å². The molecule has 0 amide bonds. The molecule has 2 aliphatic rings. The third-order valence-electron chi connectivity index (χ3n) is 4.48. The first-order valence-corrected chi connectivity index (χ1v) is 7.77. The Kier molecular flexibility index (Phi) is 5.81. The molecule has 0 aromatic heterocycles. The van der Waals surface area contributed by atoms with Gasteiger partial charge in [0.1, 0.15) is 5.54 Å². The number of hydrogen-bond acceptors (Lipinski definition) is 5. The van der Waals surface area contributed by atoms with Gasteiger partial charge >= 0.3 is 5.97 Å². The van der Waals surface area contributed by atoms with E-state index in [-0.39, 0.29) is 18.2 Å². The maximum atomic E-state index is 12.4. The van der Waals surface area contributed by atoms with E-state index in [9.17, 15) is 4.79 Å². The Morgan fingerprint density at radius 2 is 2.10 bits per heavy atom. The zero-order valence-corrected chi connectivity index (χ0v) is 12.7. The van der Waals surface area contributed by atoms with Crippen LogP contribution in [0.3, 0.4) is 0 Å². The highest BCUT2D eigenvalue weighted by atomic mass is 16.5. The van der Waals surface area contributed by atoms with Gasteiger partial charge in [-0.3, -0.25) is 10.1 Å². The molecule has 1 atom stereocenters. The minimum atomic E-state index is -0.545. The fraction of sp³-hybridized carbons (Fsp3) is 0.933. The van der Waals surface area contributed by atoms with Crippen molar-refractivity contribution in [3.05, 3.63) is 0 Å². The summed E-state index contributed by atoms with van der Waals surface area (Å²) in [6.45, 7) is 3.85. The molecular weight excluding hydrogens is 258 g/mol. The molecule has 0 radical (unpaired) electrons. The average molecular weight is 285 g/mol. The normalized spacial score (nSPS) is 34.1. The molecule has 5 heteroatoms. The monoisotopic (exact) mass is 285 g/mol. The summed E-state index contributed by atoms with van der Waals surface area (Å²) in [4.78, 5) is 12.4. The van der Waals surface area contributed by atoms with Crippen molar-refractivity contribution >= 4 is 5.97 Å². The van der Waals surface area contributed by atoms with Gasteiger partial charge < -0.3 is 14.2 Å². The van der Waals surface area contributed by atoms with Crippen molar-refractivity contribution in [2.45, 2.75) is 63.2 Å². The Morgan fingerprint density at radius 3 is 2.65 bits per heavy atom. The van der Waals surface area contributed by atoms with E-state index in [2.05, 4.69) is 5.32 Å². The van der Waals surface area contributed by atoms with Crippen LogP contribution in [0.4, 0.5) is 0 Å². The Hall–Kier alpha value is -0.650. The van der Waals surface area contributed by atoms with Crippen molar-refractivity contribution in [3.63, 3.8) is 0 Å². The fourth-order valence-corrected chi connectivity index (χ4v) is 3.16. The summed E-state index contributed by atoms with van der Waals surface area (Å²) in [5.41, 5.74) is -0.545. The molecule has 1 heterocycles. The van der Waals surface area contributed by atoms with Gasteiger partial charge in [0.15, 0.2) is 0 Å². The van der Waals surface area contributed by atoms with Gasteiger partial charge in [-0.2, -0.15) is 0 Å². The highest BCUT2D eigenvalue weighted by molar-refractivity contribution is 5.81. The first-order valence-electron chi connectivity index (χ1n) is 7.77. The van der Waals surface area contributed by atoms with Crippen molar-refractivity contribution in [1.82, 2.24) is 5.32 Å². The SMILES string of the molecule is CCOC(=O)C1(NCC2CCCO2)CCC(OC)CC1. The number of nitrogens with one attached hydrogen (secondary N) is 1. The minimum Gasteiger partial charge on any atom is -0.465 e. The lowest BCUT2D eigenvalue weighted by atomic mass is 9.80. The molecule has 20 heavy (non-hydrogen) atoms. The van der Waals surface area contributed by atoms with Gasteiger partial charge in [-0.05, 0) is 45.4 Å². The average Bonchev–Trinajstić information content (AvgIpc) is 2.99. The molecular formula is C15H27NO4. The van der Waals surface area contributed by atoms with Crippen molar-refractivity contribution in [2.75, 3.05) is 26.9 Å². The lowest BCUT2D eigenvalue weighted by molar-refractivity contribution is -0.154. The van der Waals surface area contributed by atoms with Crippen LogP contribution in [0.15, 0.2) is 0 Å². The molecule has 1 saturated heterocycles. The maximum Gasteiger partial charge on any atom is 0.326 e. The van der Waals surface area contributed by atoms with Crippen LogP contribution in [0.1, 0.15) is 45.4 Å². The predicted octanol–water partition coefficient (Wildman–Crippen LogP) is 1.65. The van der Waals surface area contributed by atoms with Gasteiger partial charge in [-0.1, -0.05) is 0 Å². The standard InChI is InChI=1S/C15H27NO4/c1-3-19-14(17)15(8-6-12(18-2)7-9-15)16-11-13-5-4-10-20-13/h12-13,16H,3-11H2,1-2H3. The molecule has 5 nitrogen and oxygen atoms in total. The number of hydrogen-bond donors (Lipinski definition) is 1. The van der Waals surface area contributed by atoms with Gasteiger partial charge in [0.2, 0.25) is 0 Å². The third kappa shape index (κ3) is 3.71. The van der Waals surface area contributed by atoms with Crippen LogP contribution >= 0.6 is 0 Å². The van der Waals surface area contributed by atoms with E-state index in [1.165, 1.54) is 0 Å². The highest BCUT2D eigenvalue weighted by Gasteiger charge is 2.43. The highest BCUT2D eigenvalue weighted by Crippen LogP contribution is 2.31. The van der Waals surface area contributed by atoms with Crippen LogP contribution in [0.2, 0.25) is 0 Å². The molecule has 2 rings (SSSR count). The zero-order valence-electron chi connectivity index (χ0n) is 12.7. The van der Waals surface area contributed by atoms with E-state index in [1.54, 1.807) is 7.11 Å². The summed E-state index contributed by atoms with van der Waals surface area (Å²) in [5.74, 6) is -0.118. The molecule has 0 bridgehead atoms. The van der Waals surface area contributed by atoms with Crippen LogP contribution < -0.4 is 5.32 Å². The van der Waals surface area contributed by atoms with E-state index in [1.807, 2.05) is 6.92 Å². The van der Waals surface area contributed by atoms with Gasteiger partial charge in [0, 0.05) is 20.3 Å². The number of esters is 1. The molecule has 116 valence electrons. The largest absolute Gasteiger partial charge is 0.465 e. The molecule has 2 fully saturated rings. The summed E-state index contributed by atoms with van der Waals surface area (Å²) in [5, 5.41) is 3.45. The smallest absolute Gasteiger partial charge is 0.326 e. The number of carbonyl (C=O) groups excluding carboxylic acids is 1. The van der Waals surface area contributed by atoms with Gasteiger partial charge in [0.25, 0.3) is 0 Å². The van der Waals surface area contributed by atoms with Gasteiger partial charge in [-0.15, -0.1) is 0 Å². The fourth-order valence-electron chi connectivity index (χ4n) is 3.16. The molecule has 1 N–H and O–H groups in total. The Labute approximate surface area is 121 Å². The number of methoxy groups -OCH3 is 1. The van der Waals surface area contributed by atoms with Crippen molar-refractivity contribution < 1.29 is 19.0 Å². The Morgan fingerprint density at radius 1 is 1.35 bits per heavy atom. The number of carbonyl (C=O) groups is 1. The number of rotatable bonds is 6. The quantitative estimate of drug-likeness (QED) is 0.752. The molecule has 1 unspecified atom stereocenters. The van der Waals surface area contributed by atoms with Crippen molar-refractivity contribution in [3.8, 4) is 0 Å². The third-order valence-corrected chi connectivity index (χ3v) is 4.48. The van der Waals surface area contributed by atoms with Gasteiger partial charge in [0.05, 0.1) is 18.8 Å². The maximum absolute atomic E-state index is 12.4. The summed E-state index contributed by atoms with van der Waals surface area (Å²) in [6, 6.07) is 0. The lowest BCUT2D eigenvalue weighted by Gasteiger charge is -2.38. The van der Waals surface area contributed by atoms with Crippen LogP contribution in [-0.2, 0) is 19.0 Å². The van der Waals surface area contributed by atoms with Crippen LogP contribution in [-0.4, -0.2) is 50.6 Å². The number of ether oxygens (including phenoxy) is 3. The lowest BCUT2D eigenvalue weighted by Crippen LogP contribution is -2.57. The van der Waals surface area contributed by atoms with E-state index in [4.69, 9.17) is 14.2 Å². The summed E-state index contributed by atoms with van der Waals surface area (Å²) < 4.78 is 16.3. The second kappa shape index (κ2) is 7.38. The van der Waals surface area contributed by atoms with Crippen LogP contribution in [0.5, 0.6) is 0 Å². The summed E-state index contributed by atoms with van der Waals surface area (Å²) in [6.07, 6.45) is 6.04. The van der Waals surface area contributed by atoms with E-state index < -0.39 is 5.54 Å². The second-order valence-electron chi connectivity index (χ2n) is 5.75. The second-order valence-corrected chi connectivity index (χ2v) is 5.75. The van der Waals surface area contributed by atoms with Gasteiger partial charge in [-0.25, -0.2) is 0 Å². The van der Waals surface area contributed by atoms with E-state index in [0.717, 1.165) is 51.7 Å². The van der Waals surface area contributed by atoms with Crippen molar-refractivity contribution in [1.29, 1.82) is 0 Å². The van der Waals surface area contributed by atoms with Crippen LogP contribution in [0, 0.1) is 0 Å². The van der Waals surface area contributed by atoms with E-state index >= 15 is 0 Å².